The van der Waals surface area contributed by atoms with E-state index >= 15 is 0 Å². The van der Waals surface area contributed by atoms with Crippen molar-refractivity contribution in [1.29, 1.82) is 0 Å². The number of thiophene rings is 1. The minimum Gasteiger partial charge on any atom is -0.488 e. The summed E-state index contributed by atoms with van der Waals surface area (Å²) >= 11 is 1.38. The van der Waals surface area contributed by atoms with Crippen molar-refractivity contribution < 1.29 is 19.1 Å². The number of benzene rings is 1. The molecule has 0 bridgehead atoms. The largest absolute Gasteiger partial charge is 0.488 e. The van der Waals surface area contributed by atoms with Gasteiger partial charge in [0.25, 0.3) is 5.91 Å². The molecule has 2 heterocycles. The molecule has 0 spiro atoms. The van der Waals surface area contributed by atoms with Crippen molar-refractivity contribution in [1.82, 2.24) is 4.90 Å². The Kier molecular flexibility index (Phi) is 5.56. The van der Waals surface area contributed by atoms with Crippen LogP contribution < -0.4 is 4.74 Å². The van der Waals surface area contributed by atoms with E-state index in [0.717, 1.165) is 21.8 Å². The summed E-state index contributed by atoms with van der Waals surface area (Å²) in [5.74, 6) is 0.170. The quantitative estimate of drug-likeness (QED) is 0.709. The standard InChI is InChI=1S/C21H25NO4S/c1-12(2)22(13(3)4)20(23)14(5)26-21(24)18-10-15-11-25-17-9-7-6-8-16(17)19(15)27-18/h6-10,12-14H,11H2,1-5H3/t14-/m0/s1. The summed E-state index contributed by atoms with van der Waals surface area (Å²) in [5.41, 5.74) is 1.95. The molecule has 0 fully saturated rings. The molecule has 1 aromatic heterocycles. The molecule has 1 amide bonds. The maximum absolute atomic E-state index is 12.7. The molecule has 1 aliphatic rings. The summed E-state index contributed by atoms with van der Waals surface area (Å²) in [4.78, 5) is 28.6. The van der Waals surface area contributed by atoms with Crippen molar-refractivity contribution >= 4 is 23.2 Å². The lowest BCUT2D eigenvalue weighted by Crippen LogP contribution is -2.47. The van der Waals surface area contributed by atoms with E-state index < -0.39 is 12.1 Å². The van der Waals surface area contributed by atoms with Crippen LogP contribution in [0.15, 0.2) is 30.3 Å². The Morgan fingerprint density at radius 2 is 1.78 bits per heavy atom. The second-order valence-electron chi connectivity index (χ2n) is 7.23. The number of hydrogen-bond acceptors (Lipinski definition) is 5. The van der Waals surface area contributed by atoms with E-state index in [0.29, 0.717) is 11.5 Å². The monoisotopic (exact) mass is 387 g/mol. The van der Waals surface area contributed by atoms with Gasteiger partial charge in [0.05, 0.1) is 0 Å². The molecular weight excluding hydrogens is 362 g/mol. The Morgan fingerprint density at radius 3 is 2.44 bits per heavy atom. The predicted octanol–water partition coefficient (Wildman–Crippen LogP) is 4.50. The van der Waals surface area contributed by atoms with Crippen LogP contribution in [0.3, 0.4) is 0 Å². The van der Waals surface area contributed by atoms with Crippen LogP contribution in [0, 0.1) is 0 Å². The molecule has 0 radical (unpaired) electrons. The predicted molar refractivity (Wildman–Crippen MR) is 106 cm³/mol. The van der Waals surface area contributed by atoms with Crippen molar-refractivity contribution in [3.05, 3.63) is 40.8 Å². The van der Waals surface area contributed by atoms with Gasteiger partial charge in [-0.15, -0.1) is 11.3 Å². The average molecular weight is 388 g/mol. The van der Waals surface area contributed by atoms with Gasteiger partial charge in [0, 0.05) is 28.1 Å². The van der Waals surface area contributed by atoms with E-state index in [1.54, 1.807) is 17.9 Å². The first-order valence-corrected chi connectivity index (χ1v) is 9.99. The molecule has 0 unspecified atom stereocenters. The summed E-state index contributed by atoms with van der Waals surface area (Å²) in [7, 11) is 0. The van der Waals surface area contributed by atoms with Gasteiger partial charge in [0.2, 0.25) is 0 Å². The number of para-hydroxylation sites is 1. The van der Waals surface area contributed by atoms with Crippen LogP contribution in [0.5, 0.6) is 5.75 Å². The Bertz CT molecular complexity index is 848. The zero-order valence-electron chi connectivity index (χ0n) is 16.3. The number of carbonyl (C=O) groups is 2. The lowest BCUT2D eigenvalue weighted by atomic mass is 10.1. The molecule has 1 aliphatic heterocycles. The Hall–Kier alpha value is -2.34. The summed E-state index contributed by atoms with van der Waals surface area (Å²) in [6.45, 7) is 9.88. The third-order valence-electron chi connectivity index (χ3n) is 4.52. The van der Waals surface area contributed by atoms with Gasteiger partial charge in [-0.1, -0.05) is 12.1 Å². The fourth-order valence-corrected chi connectivity index (χ4v) is 4.46. The maximum atomic E-state index is 12.7. The van der Waals surface area contributed by atoms with Crippen LogP contribution in [0.1, 0.15) is 49.9 Å². The zero-order valence-corrected chi connectivity index (χ0v) is 17.1. The minimum absolute atomic E-state index is 0.0429. The summed E-state index contributed by atoms with van der Waals surface area (Å²) < 4.78 is 11.2. The lowest BCUT2D eigenvalue weighted by molar-refractivity contribution is -0.143. The number of ether oxygens (including phenoxy) is 2. The third kappa shape index (κ3) is 3.86. The Morgan fingerprint density at radius 1 is 1.11 bits per heavy atom. The van der Waals surface area contributed by atoms with Crippen LogP contribution in [0.4, 0.5) is 0 Å². The summed E-state index contributed by atoms with van der Waals surface area (Å²) in [6.07, 6.45) is -0.829. The average Bonchev–Trinajstić information content (AvgIpc) is 3.06. The highest BCUT2D eigenvalue weighted by molar-refractivity contribution is 7.17. The van der Waals surface area contributed by atoms with E-state index in [-0.39, 0.29) is 18.0 Å². The number of fused-ring (bicyclic) bond motifs is 3. The molecule has 2 aromatic rings. The van der Waals surface area contributed by atoms with Gasteiger partial charge < -0.3 is 14.4 Å². The molecule has 0 N–H and O–H groups in total. The number of hydrogen-bond donors (Lipinski definition) is 0. The Balaban J connectivity index is 1.76. The highest BCUT2D eigenvalue weighted by Crippen LogP contribution is 2.42. The second-order valence-corrected chi connectivity index (χ2v) is 8.28. The molecule has 0 saturated carbocycles. The number of rotatable bonds is 5. The molecule has 27 heavy (non-hydrogen) atoms. The van der Waals surface area contributed by atoms with E-state index in [1.807, 2.05) is 52.0 Å². The summed E-state index contributed by atoms with van der Waals surface area (Å²) in [6, 6.07) is 9.66. The second kappa shape index (κ2) is 7.72. The number of amides is 1. The first kappa shape index (κ1) is 19.4. The molecule has 1 atom stereocenters. The molecule has 5 nitrogen and oxygen atoms in total. The van der Waals surface area contributed by atoms with Gasteiger partial charge in [0.1, 0.15) is 17.2 Å². The van der Waals surface area contributed by atoms with E-state index in [1.165, 1.54) is 11.3 Å². The fraction of sp³-hybridized carbons (Fsp3) is 0.429. The summed E-state index contributed by atoms with van der Waals surface area (Å²) in [5, 5.41) is 0. The van der Waals surface area contributed by atoms with Crippen molar-refractivity contribution in [2.24, 2.45) is 0 Å². The molecular formula is C21H25NO4S. The number of carbonyl (C=O) groups excluding carboxylic acids is 2. The van der Waals surface area contributed by atoms with Crippen LogP contribution >= 0.6 is 11.3 Å². The molecule has 144 valence electrons. The van der Waals surface area contributed by atoms with Gasteiger partial charge in [-0.05, 0) is 52.8 Å². The molecule has 1 aromatic carbocycles. The van der Waals surface area contributed by atoms with Gasteiger partial charge >= 0.3 is 5.97 Å². The van der Waals surface area contributed by atoms with Crippen molar-refractivity contribution in [2.45, 2.75) is 59.4 Å². The minimum atomic E-state index is -0.829. The first-order chi connectivity index (χ1) is 12.8. The molecule has 3 rings (SSSR count). The lowest BCUT2D eigenvalue weighted by Gasteiger charge is -2.32. The molecule has 0 aliphatic carbocycles. The highest BCUT2D eigenvalue weighted by Gasteiger charge is 2.29. The fourth-order valence-electron chi connectivity index (χ4n) is 3.38. The Labute approximate surface area is 163 Å². The molecule has 0 saturated heterocycles. The van der Waals surface area contributed by atoms with Crippen LogP contribution in [-0.2, 0) is 16.1 Å². The number of nitrogens with zero attached hydrogens (tertiary/aromatic N) is 1. The van der Waals surface area contributed by atoms with Crippen LogP contribution in [0.2, 0.25) is 0 Å². The van der Waals surface area contributed by atoms with Crippen molar-refractivity contribution in [2.75, 3.05) is 0 Å². The zero-order chi connectivity index (χ0) is 19.7. The normalized spacial score (nSPS) is 13.6. The first-order valence-electron chi connectivity index (χ1n) is 9.17. The van der Waals surface area contributed by atoms with Gasteiger partial charge in [-0.25, -0.2) is 4.79 Å². The van der Waals surface area contributed by atoms with Crippen molar-refractivity contribution in [3.8, 4) is 16.2 Å². The smallest absolute Gasteiger partial charge is 0.349 e. The SMILES string of the molecule is CC(C)N(C(=O)[C@H](C)OC(=O)c1cc2c(s1)-c1ccccc1OC2)C(C)C. The highest BCUT2D eigenvalue weighted by atomic mass is 32.1. The van der Waals surface area contributed by atoms with E-state index in [2.05, 4.69) is 0 Å². The third-order valence-corrected chi connectivity index (χ3v) is 5.71. The maximum Gasteiger partial charge on any atom is 0.349 e. The van der Waals surface area contributed by atoms with Gasteiger partial charge in [-0.2, -0.15) is 0 Å². The van der Waals surface area contributed by atoms with E-state index in [4.69, 9.17) is 9.47 Å². The topological polar surface area (TPSA) is 55.8 Å². The van der Waals surface area contributed by atoms with Crippen LogP contribution in [-0.4, -0.2) is 35.0 Å². The van der Waals surface area contributed by atoms with Crippen LogP contribution in [0.25, 0.3) is 10.4 Å². The van der Waals surface area contributed by atoms with Gasteiger partial charge in [-0.3, -0.25) is 4.79 Å². The van der Waals surface area contributed by atoms with Crippen molar-refractivity contribution in [3.63, 3.8) is 0 Å². The number of esters is 1. The van der Waals surface area contributed by atoms with Gasteiger partial charge in [0.15, 0.2) is 6.10 Å². The van der Waals surface area contributed by atoms with E-state index in [9.17, 15) is 9.59 Å². The molecule has 6 heteroatoms.